The van der Waals surface area contributed by atoms with Crippen LogP contribution in [0.5, 0.6) is 5.19 Å². The van der Waals surface area contributed by atoms with Crippen LogP contribution in [-0.4, -0.2) is 34.5 Å². The predicted molar refractivity (Wildman–Crippen MR) is 69.7 cm³/mol. The van der Waals surface area contributed by atoms with Gasteiger partial charge in [-0.2, -0.15) is 0 Å². The molecule has 1 amide bonds. The van der Waals surface area contributed by atoms with Crippen molar-refractivity contribution < 1.29 is 9.53 Å². The molecule has 4 nitrogen and oxygen atoms in total. The number of amides is 1. The van der Waals surface area contributed by atoms with E-state index >= 15 is 0 Å². The first-order valence-corrected chi connectivity index (χ1v) is 7.56. The van der Waals surface area contributed by atoms with Crippen molar-refractivity contribution in [2.45, 2.75) is 50.7 Å². The monoisotopic (exact) mass is 266 g/mol. The van der Waals surface area contributed by atoms with Gasteiger partial charge in [0.25, 0.3) is 5.19 Å². The van der Waals surface area contributed by atoms with E-state index in [4.69, 9.17) is 4.74 Å². The highest BCUT2D eigenvalue weighted by Gasteiger charge is 2.31. The van der Waals surface area contributed by atoms with Crippen LogP contribution in [0.3, 0.4) is 0 Å². The van der Waals surface area contributed by atoms with Gasteiger partial charge in [0, 0.05) is 30.6 Å². The number of nitrogens with zero attached hydrogens (tertiary/aromatic N) is 2. The molecule has 1 aromatic heterocycles. The Labute approximate surface area is 111 Å². The van der Waals surface area contributed by atoms with Crippen molar-refractivity contribution in [3.05, 3.63) is 11.6 Å². The maximum absolute atomic E-state index is 11.7. The quantitative estimate of drug-likeness (QED) is 0.844. The van der Waals surface area contributed by atoms with E-state index in [0.29, 0.717) is 11.9 Å². The molecule has 0 N–H and O–H groups in total. The Kier molecular flexibility index (Phi) is 3.50. The Hall–Kier alpha value is -1.10. The third-order valence-corrected chi connectivity index (χ3v) is 4.53. The van der Waals surface area contributed by atoms with E-state index in [2.05, 4.69) is 9.88 Å². The zero-order chi connectivity index (χ0) is 12.4. The summed E-state index contributed by atoms with van der Waals surface area (Å²) in [7, 11) is 0. The zero-order valence-electron chi connectivity index (χ0n) is 10.4. The molecule has 0 bridgehead atoms. The van der Waals surface area contributed by atoms with Gasteiger partial charge in [0.2, 0.25) is 5.91 Å². The van der Waals surface area contributed by atoms with Crippen molar-refractivity contribution in [1.29, 1.82) is 0 Å². The zero-order valence-corrected chi connectivity index (χ0v) is 11.2. The molecule has 1 saturated carbocycles. The van der Waals surface area contributed by atoms with Gasteiger partial charge in [-0.3, -0.25) is 4.79 Å². The minimum absolute atomic E-state index is 0.283. The van der Waals surface area contributed by atoms with Gasteiger partial charge in [-0.05, 0) is 32.1 Å². The molecule has 0 atom stereocenters. The number of carbonyl (C=O) groups excluding carboxylic acids is 1. The molecular weight excluding hydrogens is 248 g/mol. The number of thiazole rings is 1. The first kappa shape index (κ1) is 12.0. The van der Waals surface area contributed by atoms with Crippen LogP contribution in [0.1, 0.15) is 38.5 Å². The van der Waals surface area contributed by atoms with E-state index in [-0.39, 0.29) is 6.10 Å². The third-order valence-electron chi connectivity index (χ3n) is 3.87. The lowest BCUT2D eigenvalue weighted by Gasteiger charge is -2.34. The van der Waals surface area contributed by atoms with Crippen LogP contribution in [0.2, 0.25) is 0 Å². The predicted octanol–water partition coefficient (Wildman–Crippen LogP) is 2.46. The molecule has 1 aromatic rings. The minimum Gasteiger partial charge on any atom is -0.467 e. The van der Waals surface area contributed by atoms with Gasteiger partial charge in [0.1, 0.15) is 6.10 Å². The highest BCUT2D eigenvalue weighted by molar-refractivity contribution is 7.11. The SMILES string of the molecule is O=C1CCCN1C1CCC(Oc2nccs2)CC1. The van der Waals surface area contributed by atoms with E-state index in [1.54, 1.807) is 17.5 Å². The van der Waals surface area contributed by atoms with Crippen molar-refractivity contribution in [1.82, 2.24) is 9.88 Å². The van der Waals surface area contributed by atoms with Gasteiger partial charge >= 0.3 is 0 Å². The maximum Gasteiger partial charge on any atom is 0.273 e. The van der Waals surface area contributed by atoms with Crippen LogP contribution in [0, 0.1) is 0 Å². The van der Waals surface area contributed by atoms with E-state index in [1.165, 1.54) is 0 Å². The van der Waals surface area contributed by atoms with E-state index in [0.717, 1.165) is 50.3 Å². The molecule has 18 heavy (non-hydrogen) atoms. The Morgan fingerprint density at radius 2 is 2.17 bits per heavy atom. The Morgan fingerprint density at radius 3 is 2.78 bits per heavy atom. The first-order chi connectivity index (χ1) is 8.83. The molecule has 2 aliphatic rings. The number of likely N-dealkylation sites (tertiary alicyclic amines) is 1. The summed E-state index contributed by atoms with van der Waals surface area (Å²) < 4.78 is 5.84. The first-order valence-electron chi connectivity index (χ1n) is 6.68. The van der Waals surface area contributed by atoms with Crippen LogP contribution in [0.4, 0.5) is 0 Å². The molecule has 1 aliphatic heterocycles. The van der Waals surface area contributed by atoms with Crippen molar-refractivity contribution in [2.75, 3.05) is 6.54 Å². The number of rotatable bonds is 3. The molecule has 0 spiro atoms. The smallest absolute Gasteiger partial charge is 0.273 e. The Morgan fingerprint density at radius 1 is 1.33 bits per heavy atom. The van der Waals surface area contributed by atoms with Crippen molar-refractivity contribution in [2.24, 2.45) is 0 Å². The number of aromatic nitrogens is 1. The van der Waals surface area contributed by atoms with Gasteiger partial charge < -0.3 is 9.64 Å². The van der Waals surface area contributed by atoms with Gasteiger partial charge in [-0.15, -0.1) is 0 Å². The number of hydrogen-bond acceptors (Lipinski definition) is 4. The molecule has 5 heteroatoms. The normalized spacial score (nSPS) is 28.7. The summed E-state index contributed by atoms with van der Waals surface area (Å²) in [6.45, 7) is 0.960. The Balaban J connectivity index is 1.50. The van der Waals surface area contributed by atoms with Gasteiger partial charge in [-0.1, -0.05) is 11.3 Å². The highest BCUT2D eigenvalue weighted by atomic mass is 32.1. The second-order valence-electron chi connectivity index (χ2n) is 5.04. The fourth-order valence-corrected chi connectivity index (χ4v) is 3.49. The molecule has 0 aromatic carbocycles. The molecular formula is C13H18N2O2S. The van der Waals surface area contributed by atoms with E-state index in [9.17, 15) is 4.79 Å². The van der Waals surface area contributed by atoms with Crippen molar-refractivity contribution in [3.8, 4) is 5.19 Å². The number of ether oxygens (including phenoxy) is 1. The van der Waals surface area contributed by atoms with Gasteiger partial charge in [-0.25, -0.2) is 4.98 Å². The fraction of sp³-hybridized carbons (Fsp3) is 0.692. The lowest BCUT2D eigenvalue weighted by molar-refractivity contribution is -0.130. The molecule has 0 radical (unpaired) electrons. The lowest BCUT2D eigenvalue weighted by Crippen LogP contribution is -2.40. The van der Waals surface area contributed by atoms with E-state index < -0.39 is 0 Å². The molecule has 0 unspecified atom stereocenters. The van der Waals surface area contributed by atoms with Gasteiger partial charge in [0.05, 0.1) is 0 Å². The van der Waals surface area contributed by atoms with Crippen LogP contribution >= 0.6 is 11.3 Å². The standard InChI is InChI=1S/C13H18N2O2S/c16-12-2-1-8-15(12)10-3-5-11(6-4-10)17-13-14-7-9-18-13/h7,9-11H,1-6,8H2. The summed E-state index contributed by atoms with van der Waals surface area (Å²) in [4.78, 5) is 17.9. The van der Waals surface area contributed by atoms with Crippen LogP contribution < -0.4 is 4.74 Å². The summed E-state index contributed by atoms with van der Waals surface area (Å²) in [5.74, 6) is 0.347. The number of hydrogen-bond donors (Lipinski definition) is 0. The van der Waals surface area contributed by atoms with Crippen LogP contribution in [0.25, 0.3) is 0 Å². The number of carbonyl (C=O) groups is 1. The average Bonchev–Trinajstić information content (AvgIpc) is 3.02. The largest absolute Gasteiger partial charge is 0.467 e. The average molecular weight is 266 g/mol. The minimum atomic E-state index is 0.283. The van der Waals surface area contributed by atoms with Crippen molar-refractivity contribution >= 4 is 17.2 Å². The van der Waals surface area contributed by atoms with Crippen LogP contribution in [-0.2, 0) is 4.79 Å². The summed E-state index contributed by atoms with van der Waals surface area (Å²) >= 11 is 1.55. The summed E-state index contributed by atoms with van der Waals surface area (Å²) in [5, 5.41) is 2.71. The molecule has 2 heterocycles. The molecule has 2 fully saturated rings. The maximum atomic E-state index is 11.7. The Bertz CT molecular complexity index is 399. The molecule has 1 aliphatic carbocycles. The summed E-state index contributed by atoms with van der Waals surface area (Å²) in [5.41, 5.74) is 0. The lowest BCUT2D eigenvalue weighted by atomic mass is 9.92. The third kappa shape index (κ3) is 2.51. The topological polar surface area (TPSA) is 42.4 Å². The highest BCUT2D eigenvalue weighted by Crippen LogP contribution is 2.29. The fourth-order valence-electron chi connectivity index (χ4n) is 2.94. The molecule has 3 rings (SSSR count). The summed E-state index contributed by atoms with van der Waals surface area (Å²) in [6, 6.07) is 0.455. The molecule has 1 saturated heterocycles. The van der Waals surface area contributed by atoms with Crippen LogP contribution in [0.15, 0.2) is 11.6 Å². The molecule has 98 valence electrons. The second kappa shape index (κ2) is 5.26. The summed E-state index contributed by atoms with van der Waals surface area (Å²) in [6.07, 6.45) is 8.05. The van der Waals surface area contributed by atoms with Gasteiger partial charge in [0.15, 0.2) is 0 Å². The van der Waals surface area contributed by atoms with E-state index in [1.807, 2.05) is 5.38 Å². The second-order valence-corrected chi connectivity index (χ2v) is 5.89. The van der Waals surface area contributed by atoms with Crippen molar-refractivity contribution in [3.63, 3.8) is 0 Å².